The molecule has 3 heteroatoms. The zero-order valence-electron chi connectivity index (χ0n) is 12.8. The van der Waals surface area contributed by atoms with Crippen LogP contribution in [0.5, 0.6) is 0 Å². The number of rotatable bonds is 3. The predicted octanol–water partition coefficient (Wildman–Crippen LogP) is 4.07. The third-order valence-corrected chi connectivity index (χ3v) is 4.84. The highest BCUT2D eigenvalue weighted by atomic mass is 14.9. The Bertz CT molecular complexity index is 591. The second-order valence-corrected chi connectivity index (χ2v) is 6.56. The fraction of sp³-hybridized carbons (Fsp3) is 0.588. The molecule has 0 radical (unpaired) electrons. The van der Waals surface area contributed by atoms with E-state index >= 15 is 0 Å². The molecular formula is C17H25N3. The molecular weight excluding hydrogens is 246 g/mol. The predicted molar refractivity (Wildman–Crippen MR) is 84.0 cm³/mol. The summed E-state index contributed by atoms with van der Waals surface area (Å²) in [5.41, 5.74) is 3.56. The van der Waals surface area contributed by atoms with Crippen molar-refractivity contribution in [3.63, 3.8) is 0 Å². The lowest BCUT2D eigenvalue weighted by Gasteiger charge is -2.24. The lowest BCUT2D eigenvalue weighted by Crippen LogP contribution is -2.32. The van der Waals surface area contributed by atoms with Crippen molar-refractivity contribution >= 4 is 11.0 Å². The first-order chi connectivity index (χ1) is 9.60. The second kappa shape index (κ2) is 5.21. The van der Waals surface area contributed by atoms with Gasteiger partial charge in [-0.25, -0.2) is 4.98 Å². The van der Waals surface area contributed by atoms with Crippen LogP contribution in [-0.2, 0) is 5.54 Å². The van der Waals surface area contributed by atoms with Crippen molar-refractivity contribution in [2.24, 2.45) is 0 Å². The van der Waals surface area contributed by atoms with Crippen LogP contribution in [0.4, 0.5) is 0 Å². The molecule has 1 heterocycles. The minimum absolute atomic E-state index is 0.00962. The van der Waals surface area contributed by atoms with Gasteiger partial charge in [-0.05, 0) is 51.4 Å². The van der Waals surface area contributed by atoms with E-state index in [2.05, 4.69) is 42.3 Å². The summed E-state index contributed by atoms with van der Waals surface area (Å²) < 4.78 is 0. The van der Waals surface area contributed by atoms with Gasteiger partial charge in [-0.2, -0.15) is 0 Å². The molecule has 2 N–H and O–H groups in total. The van der Waals surface area contributed by atoms with E-state index in [9.17, 15) is 0 Å². The summed E-state index contributed by atoms with van der Waals surface area (Å²) in [6.07, 6.45) is 6.65. The van der Waals surface area contributed by atoms with E-state index in [4.69, 9.17) is 4.98 Å². The van der Waals surface area contributed by atoms with Crippen molar-refractivity contribution < 1.29 is 0 Å². The lowest BCUT2D eigenvalue weighted by molar-refractivity contribution is 0.431. The minimum atomic E-state index is -0.00962. The summed E-state index contributed by atoms with van der Waals surface area (Å²) >= 11 is 0. The highest BCUT2D eigenvalue weighted by Gasteiger charge is 2.21. The summed E-state index contributed by atoms with van der Waals surface area (Å²) in [5, 5.41) is 3.36. The number of benzene rings is 1. The quantitative estimate of drug-likeness (QED) is 0.883. The summed E-state index contributed by atoms with van der Waals surface area (Å²) in [6.45, 7) is 4.40. The average molecular weight is 271 g/mol. The Labute approximate surface area is 121 Å². The summed E-state index contributed by atoms with van der Waals surface area (Å²) in [7, 11) is 2.00. The van der Waals surface area contributed by atoms with Crippen LogP contribution in [-0.4, -0.2) is 17.0 Å². The Morgan fingerprint density at radius 3 is 2.65 bits per heavy atom. The fourth-order valence-corrected chi connectivity index (χ4v) is 3.13. The first-order valence-corrected chi connectivity index (χ1v) is 7.79. The molecule has 1 aliphatic rings. The van der Waals surface area contributed by atoms with Crippen LogP contribution < -0.4 is 5.32 Å². The first kappa shape index (κ1) is 13.6. The number of hydrogen-bond donors (Lipinski definition) is 2. The molecule has 20 heavy (non-hydrogen) atoms. The Morgan fingerprint density at radius 1 is 1.20 bits per heavy atom. The Morgan fingerprint density at radius 2 is 1.95 bits per heavy atom. The third kappa shape index (κ3) is 2.47. The maximum atomic E-state index is 4.81. The van der Waals surface area contributed by atoms with Crippen molar-refractivity contribution in [3.05, 3.63) is 29.6 Å². The maximum Gasteiger partial charge on any atom is 0.110 e. The number of aromatic nitrogens is 2. The van der Waals surface area contributed by atoms with Gasteiger partial charge < -0.3 is 10.3 Å². The minimum Gasteiger partial charge on any atom is -0.342 e. The van der Waals surface area contributed by atoms with Gasteiger partial charge in [0, 0.05) is 11.5 Å². The molecule has 0 atom stereocenters. The molecule has 0 bridgehead atoms. The van der Waals surface area contributed by atoms with E-state index in [0.717, 1.165) is 5.52 Å². The lowest BCUT2D eigenvalue weighted by atomic mass is 9.89. The Kier molecular flexibility index (Phi) is 3.55. The summed E-state index contributed by atoms with van der Waals surface area (Å²) in [4.78, 5) is 8.37. The van der Waals surface area contributed by atoms with Gasteiger partial charge in [0.25, 0.3) is 0 Å². The van der Waals surface area contributed by atoms with Crippen molar-refractivity contribution in [1.29, 1.82) is 0 Å². The first-order valence-electron chi connectivity index (χ1n) is 7.79. The molecule has 2 aromatic rings. The normalized spacial score (nSPS) is 17.8. The van der Waals surface area contributed by atoms with E-state index in [1.165, 1.54) is 49.0 Å². The highest BCUT2D eigenvalue weighted by molar-refractivity contribution is 5.76. The molecule has 1 saturated carbocycles. The molecule has 0 unspecified atom stereocenters. The molecule has 0 aliphatic heterocycles. The van der Waals surface area contributed by atoms with Crippen LogP contribution in [0.25, 0.3) is 11.0 Å². The number of fused-ring (bicyclic) bond motifs is 1. The van der Waals surface area contributed by atoms with Crippen LogP contribution in [0.1, 0.15) is 63.3 Å². The van der Waals surface area contributed by atoms with Crippen LogP contribution in [0.3, 0.4) is 0 Å². The third-order valence-electron chi connectivity index (χ3n) is 4.84. The standard InChI is InChI=1S/C17H25N3/c1-17(2,18-3)13-9-10-14-15(11-13)20-16(19-14)12-7-5-4-6-8-12/h9-12,18H,4-8H2,1-3H3,(H,19,20). The molecule has 1 aromatic heterocycles. The number of hydrogen-bond acceptors (Lipinski definition) is 2. The number of nitrogens with zero attached hydrogens (tertiary/aromatic N) is 1. The van der Waals surface area contributed by atoms with Gasteiger partial charge in [-0.15, -0.1) is 0 Å². The van der Waals surface area contributed by atoms with Gasteiger partial charge in [0.05, 0.1) is 11.0 Å². The molecule has 0 amide bonds. The van der Waals surface area contributed by atoms with Crippen LogP contribution in [0.2, 0.25) is 0 Å². The monoisotopic (exact) mass is 271 g/mol. The summed E-state index contributed by atoms with van der Waals surface area (Å²) in [6, 6.07) is 6.57. The van der Waals surface area contributed by atoms with Gasteiger partial charge >= 0.3 is 0 Å². The molecule has 0 spiro atoms. The second-order valence-electron chi connectivity index (χ2n) is 6.56. The van der Waals surface area contributed by atoms with E-state index < -0.39 is 0 Å². The topological polar surface area (TPSA) is 40.7 Å². The number of aromatic amines is 1. The SMILES string of the molecule is CNC(C)(C)c1ccc2nc(C3CCCCC3)[nH]c2c1. The molecule has 3 nitrogen and oxygen atoms in total. The largest absolute Gasteiger partial charge is 0.342 e. The zero-order valence-corrected chi connectivity index (χ0v) is 12.8. The van der Waals surface area contributed by atoms with Gasteiger partial charge in [0.1, 0.15) is 5.82 Å². The summed E-state index contributed by atoms with van der Waals surface area (Å²) in [5.74, 6) is 1.83. The van der Waals surface area contributed by atoms with E-state index in [1.54, 1.807) is 0 Å². The van der Waals surface area contributed by atoms with Crippen molar-refractivity contribution in [2.75, 3.05) is 7.05 Å². The van der Waals surface area contributed by atoms with Crippen LogP contribution >= 0.6 is 0 Å². The zero-order chi connectivity index (χ0) is 14.2. The Hall–Kier alpha value is -1.35. The Balaban J connectivity index is 1.95. The van der Waals surface area contributed by atoms with Crippen LogP contribution in [0, 0.1) is 0 Å². The fourth-order valence-electron chi connectivity index (χ4n) is 3.13. The van der Waals surface area contributed by atoms with Gasteiger partial charge in [0.15, 0.2) is 0 Å². The van der Waals surface area contributed by atoms with Crippen molar-refractivity contribution in [3.8, 4) is 0 Å². The number of nitrogens with one attached hydrogen (secondary N) is 2. The molecule has 1 fully saturated rings. The van der Waals surface area contributed by atoms with Crippen molar-refractivity contribution in [2.45, 2.75) is 57.4 Å². The van der Waals surface area contributed by atoms with Crippen molar-refractivity contribution in [1.82, 2.24) is 15.3 Å². The van der Waals surface area contributed by atoms with Crippen LogP contribution in [0.15, 0.2) is 18.2 Å². The number of imidazole rings is 1. The smallest absolute Gasteiger partial charge is 0.110 e. The highest BCUT2D eigenvalue weighted by Crippen LogP contribution is 2.32. The molecule has 3 rings (SSSR count). The number of H-pyrrole nitrogens is 1. The van der Waals surface area contributed by atoms with E-state index in [-0.39, 0.29) is 5.54 Å². The average Bonchev–Trinajstić information content (AvgIpc) is 2.91. The van der Waals surface area contributed by atoms with E-state index in [0.29, 0.717) is 5.92 Å². The molecule has 1 aliphatic carbocycles. The van der Waals surface area contributed by atoms with Gasteiger partial charge in [-0.1, -0.05) is 25.3 Å². The maximum absolute atomic E-state index is 4.81. The molecule has 0 saturated heterocycles. The van der Waals surface area contributed by atoms with E-state index in [1.807, 2.05) is 7.05 Å². The molecule has 108 valence electrons. The molecule has 1 aromatic carbocycles. The van der Waals surface area contributed by atoms with Gasteiger partial charge in [-0.3, -0.25) is 0 Å². The van der Waals surface area contributed by atoms with Gasteiger partial charge in [0.2, 0.25) is 0 Å².